The van der Waals surface area contributed by atoms with Crippen molar-refractivity contribution >= 4 is 22.4 Å². The number of hydrogen-bond acceptors (Lipinski definition) is 5. The molecule has 2 heterocycles. The molecule has 1 unspecified atom stereocenters. The SMILES string of the molecule is CCCCC(=O)C(N)=C1C(=O)C(C)(C)OC2=C1S(=O)C=C2. The molecule has 0 aromatic rings. The van der Waals surface area contributed by atoms with E-state index >= 15 is 0 Å². The molecule has 5 nitrogen and oxygen atoms in total. The van der Waals surface area contributed by atoms with E-state index in [0.717, 1.165) is 6.42 Å². The van der Waals surface area contributed by atoms with Crippen LogP contribution in [-0.2, 0) is 25.1 Å². The zero-order chi connectivity index (χ0) is 15.8. The average Bonchev–Trinajstić information content (AvgIpc) is 2.77. The Morgan fingerprint density at radius 1 is 1.43 bits per heavy atom. The number of ether oxygens (including phenoxy) is 1. The Bertz CT molecular complexity index is 626. The molecule has 2 N–H and O–H groups in total. The lowest BCUT2D eigenvalue weighted by molar-refractivity contribution is -0.133. The molecule has 0 saturated carbocycles. The monoisotopic (exact) mass is 309 g/mol. The van der Waals surface area contributed by atoms with Gasteiger partial charge in [-0.05, 0) is 26.3 Å². The fourth-order valence-electron chi connectivity index (χ4n) is 2.25. The molecule has 0 aromatic heterocycles. The molecule has 1 atom stereocenters. The van der Waals surface area contributed by atoms with Crippen LogP contribution in [0.4, 0.5) is 0 Å². The lowest BCUT2D eigenvalue weighted by atomic mass is 9.90. The Morgan fingerprint density at radius 2 is 2.10 bits per heavy atom. The van der Waals surface area contributed by atoms with Crippen LogP contribution in [0.2, 0.25) is 0 Å². The number of rotatable bonds is 4. The van der Waals surface area contributed by atoms with Crippen molar-refractivity contribution in [1.82, 2.24) is 0 Å². The van der Waals surface area contributed by atoms with Gasteiger partial charge in [-0.1, -0.05) is 13.3 Å². The van der Waals surface area contributed by atoms with E-state index in [9.17, 15) is 13.8 Å². The molecule has 0 amide bonds. The second-order valence-electron chi connectivity index (χ2n) is 5.55. The van der Waals surface area contributed by atoms with Gasteiger partial charge in [-0.3, -0.25) is 9.59 Å². The fourth-order valence-corrected chi connectivity index (χ4v) is 3.35. The fraction of sp³-hybridized carbons (Fsp3) is 0.467. The van der Waals surface area contributed by atoms with Crippen LogP contribution >= 0.6 is 0 Å². The topological polar surface area (TPSA) is 86.5 Å². The Balaban J connectivity index is 2.53. The number of carbonyl (C=O) groups excluding carboxylic acids is 2. The molecule has 0 bridgehead atoms. The third kappa shape index (κ3) is 2.72. The van der Waals surface area contributed by atoms with Gasteiger partial charge in [0, 0.05) is 11.8 Å². The standard InChI is InChI=1S/C15H19NO4S/c1-4-5-6-9(17)12(16)11-13-10(7-8-21(13)19)20-15(2,3)14(11)18/h7-8H,4-6,16H2,1-3H3. The quantitative estimate of drug-likeness (QED) is 0.801. The maximum absolute atomic E-state index is 12.5. The molecule has 0 radical (unpaired) electrons. The molecule has 2 rings (SSSR count). The third-order valence-electron chi connectivity index (χ3n) is 3.46. The van der Waals surface area contributed by atoms with Crippen LogP contribution in [0.25, 0.3) is 0 Å². The first-order valence-electron chi connectivity index (χ1n) is 6.89. The summed E-state index contributed by atoms with van der Waals surface area (Å²) in [6.07, 6.45) is 3.40. The highest BCUT2D eigenvalue weighted by molar-refractivity contribution is 7.92. The van der Waals surface area contributed by atoms with Gasteiger partial charge in [0.2, 0.25) is 5.78 Å². The molecule has 0 spiro atoms. The number of nitrogens with two attached hydrogens (primary N) is 1. The molecule has 6 heteroatoms. The van der Waals surface area contributed by atoms with Crippen LogP contribution in [0.3, 0.4) is 0 Å². The molecule has 0 fully saturated rings. The Hall–Kier alpha value is -1.69. The lowest BCUT2D eigenvalue weighted by Gasteiger charge is -2.31. The maximum atomic E-state index is 12.5. The highest BCUT2D eigenvalue weighted by Crippen LogP contribution is 2.39. The minimum Gasteiger partial charge on any atom is -0.478 e. The van der Waals surface area contributed by atoms with E-state index in [-0.39, 0.29) is 28.4 Å². The first-order valence-corrected chi connectivity index (χ1v) is 8.11. The molecule has 0 saturated heterocycles. The average molecular weight is 309 g/mol. The number of hydrogen-bond donors (Lipinski definition) is 1. The van der Waals surface area contributed by atoms with Crippen molar-refractivity contribution in [2.24, 2.45) is 5.73 Å². The van der Waals surface area contributed by atoms with E-state index in [1.807, 2.05) is 6.92 Å². The molecule has 0 aliphatic carbocycles. The summed E-state index contributed by atoms with van der Waals surface area (Å²) in [4.78, 5) is 24.9. The van der Waals surface area contributed by atoms with Crippen molar-refractivity contribution in [2.45, 2.75) is 45.6 Å². The van der Waals surface area contributed by atoms with Crippen LogP contribution in [0.15, 0.2) is 33.4 Å². The summed E-state index contributed by atoms with van der Waals surface area (Å²) < 4.78 is 17.6. The van der Waals surface area contributed by atoms with E-state index < -0.39 is 22.2 Å². The van der Waals surface area contributed by atoms with Gasteiger partial charge < -0.3 is 10.5 Å². The highest BCUT2D eigenvalue weighted by Gasteiger charge is 2.44. The minimum atomic E-state index is -1.50. The van der Waals surface area contributed by atoms with E-state index in [0.29, 0.717) is 12.2 Å². The van der Waals surface area contributed by atoms with Crippen LogP contribution in [0, 0.1) is 0 Å². The van der Waals surface area contributed by atoms with Crippen LogP contribution in [0.1, 0.15) is 40.0 Å². The van der Waals surface area contributed by atoms with Gasteiger partial charge in [0.05, 0.1) is 27.0 Å². The van der Waals surface area contributed by atoms with Gasteiger partial charge in [0.1, 0.15) is 5.76 Å². The molecule has 2 aliphatic rings. The summed E-state index contributed by atoms with van der Waals surface area (Å²) in [5, 5.41) is 1.43. The maximum Gasteiger partial charge on any atom is 0.209 e. The summed E-state index contributed by atoms with van der Waals surface area (Å²) in [5.41, 5.74) is 4.76. The van der Waals surface area contributed by atoms with Crippen molar-refractivity contribution < 1.29 is 18.5 Å². The zero-order valence-electron chi connectivity index (χ0n) is 12.4. The van der Waals surface area contributed by atoms with Crippen molar-refractivity contribution in [3.8, 4) is 0 Å². The van der Waals surface area contributed by atoms with Gasteiger partial charge in [-0.2, -0.15) is 0 Å². The Morgan fingerprint density at radius 3 is 2.71 bits per heavy atom. The van der Waals surface area contributed by atoms with Crippen molar-refractivity contribution in [1.29, 1.82) is 0 Å². The molecule has 21 heavy (non-hydrogen) atoms. The van der Waals surface area contributed by atoms with E-state index in [1.54, 1.807) is 19.9 Å². The first kappa shape index (κ1) is 15.7. The Labute approximate surface area is 126 Å². The number of allylic oxidation sites excluding steroid dienone is 3. The number of unbranched alkanes of at least 4 members (excludes halogenated alkanes) is 1. The Kier molecular flexibility index (Phi) is 4.18. The summed E-state index contributed by atoms with van der Waals surface area (Å²) in [6.45, 7) is 5.19. The number of carbonyl (C=O) groups is 2. The van der Waals surface area contributed by atoms with E-state index in [4.69, 9.17) is 10.5 Å². The largest absolute Gasteiger partial charge is 0.478 e. The van der Waals surface area contributed by atoms with Crippen molar-refractivity contribution in [3.05, 3.63) is 33.4 Å². The van der Waals surface area contributed by atoms with Crippen LogP contribution in [0.5, 0.6) is 0 Å². The lowest BCUT2D eigenvalue weighted by Crippen LogP contribution is -2.41. The first-order chi connectivity index (χ1) is 9.79. The minimum absolute atomic E-state index is 0.0608. The normalized spacial score (nSPS) is 25.7. The second kappa shape index (κ2) is 5.60. The number of ketones is 2. The van der Waals surface area contributed by atoms with E-state index in [2.05, 4.69) is 0 Å². The van der Waals surface area contributed by atoms with Crippen LogP contribution in [-0.4, -0.2) is 21.4 Å². The van der Waals surface area contributed by atoms with Gasteiger partial charge in [0.15, 0.2) is 11.4 Å². The van der Waals surface area contributed by atoms with Crippen molar-refractivity contribution in [3.63, 3.8) is 0 Å². The molecule has 2 aliphatic heterocycles. The van der Waals surface area contributed by atoms with E-state index in [1.165, 1.54) is 5.41 Å². The summed E-state index contributed by atoms with van der Waals surface area (Å²) in [5.74, 6) is -0.325. The van der Waals surface area contributed by atoms with Gasteiger partial charge >= 0.3 is 0 Å². The summed E-state index contributed by atoms with van der Waals surface area (Å²) >= 11 is 0. The predicted octanol–water partition coefficient (Wildman–Crippen LogP) is 1.82. The number of Topliss-reactive ketones (excluding diaryl/α,β-unsaturated/α-hetero) is 2. The molecule has 0 aromatic carbocycles. The van der Waals surface area contributed by atoms with Gasteiger partial charge in [-0.15, -0.1) is 0 Å². The molecular formula is C15H19NO4S. The van der Waals surface area contributed by atoms with Gasteiger partial charge in [-0.25, -0.2) is 4.21 Å². The van der Waals surface area contributed by atoms with Gasteiger partial charge in [0.25, 0.3) is 0 Å². The predicted molar refractivity (Wildman–Crippen MR) is 80.2 cm³/mol. The third-order valence-corrected chi connectivity index (χ3v) is 4.65. The van der Waals surface area contributed by atoms with Crippen LogP contribution < -0.4 is 5.73 Å². The second-order valence-corrected chi connectivity index (χ2v) is 6.83. The summed E-state index contributed by atoms with van der Waals surface area (Å²) in [6, 6.07) is 0. The molecular weight excluding hydrogens is 290 g/mol. The molecule has 114 valence electrons. The zero-order valence-corrected chi connectivity index (χ0v) is 13.2. The smallest absolute Gasteiger partial charge is 0.209 e. The van der Waals surface area contributed by atoms with Crippen molar-refractivity contribution in [2.75, 3.05) is 0 Å². The summed E-state index contributed by atoms with van der Waals surface area (Å²) in [7, 11) is -1.50. The highest BCUT2D eigenvalue weighted by atomic mass is 32.2.